The quantitative estimate of drug-likeness (QED) is 0.660. The summed E-state index contributed by atoms with van der Waals surface area (Å²) in [6.07, 6.45) is 0.918. The van der Waals surface area contributed by atoms with Crippen molar-refractivity contribution in [3.8, 4) is 0 Å². The molecule has 0 fully saturated rings. The Bertz CT molecular complexity index is 509. The number of nitrogens with one attached hydrogen (secondary N) is 1. The third-order valence-corrected chi connectivity index (χ3v) is 2.47. The van der Waals surface area contributed by atoms with Crippen LogP contribution >= 0.6 is 0 Å². The summed E-state index contributed by atoms with van der Waals surface area (Å²) in [5.41, 5.74) is 0.872. The van der Waals surface area contributed by atoms with E-state index in [0.29, 0.717) is 5.56 Å². The minimum atomic E-state index is -0.733. The van der Waals surface area contributed by atoms with Crippen molar-refractivity contribution in [1.82, 2.24) is 10.3 Å². The molecule has 1 rings (SSSR count). The Morgan fingerprint density at radius 3 is 2.57 bits per heavy atom. The van der Waals surface area contributed by atoms with Crippen LogP contribution in [0.15, 0.2) is 18.3 Å². The van der Waals surface area contributed by atoms with Crippen molar-refractivity contribution >= 4 is 11.9 Å². The van der Waals surface area contributed by atoms with Gasteiger partial charge in [-0.15, -0.1) is 0 Å². The summed E-state index contributed by atoms with van der Waals surface area (Å²) in [7, 11) is 0. The standard InChI is InChI=1S/C15H22N2O4/c1-10-12(7-6-8-16-10)14(20-11(2)18)17-9-13(19)21-15(3,4)5/h6-8,14,17H,9H2,1-5H3. The van der Waals surface area contributed by atoms with E-state index in [1.807, 2.05) is 0 Å². The van der Waals surface area contributed by atoms with Gasteiger partial charge in [0.25, 0.3) is 0 Å². The second kappa shape index (κ2) is 7.17. The van der Waals surface area contributed by atoms with Crippen LogP contribution in [0.3, 0.4) is 0 Å². The number of aromatic nitrogens is 1. The van der Waals surface area contributed by atoms with Gasteiger partial charge >= 0.3 is 11.9 Å². The SMILES string of the molecule is CC(=O)OC(NCC(=O)OC(C)(C)C)c1cccnc1C. The number of ether oxygens (including phenoxy) is 2. The molecule has 6 nitrogen and oxygen atoms in total. The molecule has 0 saturated heterocycles. The predicted octanol–water partition coefficient (Wildman–Crippen LogP) is 1.88. The summed E-state index contributed by atoms with van der Waals surface area (Å²) in [6.45, 7) is 8.43. The van der Waals surface area contributed by atoms with E-state index in [2.05, 4.69) is 10.3 Å². The molecule has 0 aromatic carbocycles. The van der Waals surface area contributed by atoms with E-state index >= 15 is 0 Å². The van der Waals surface area contributed by atoms with Crippen LogP contribution in [0, 0.1) is 6.92 Å². The number of esters is 2. The van der Waals surface area contributed by atoms with Crippen LogP contribution in [-0.4, -0.2) is 29.1 Å². The van der Waals surface area contributed by atoms with Crippen LogP contribution < -0.4 is 5.32 Å². The Hall–Kier alpha value is -1.95. The van der Waals surface area contributed by atoms with Crippen molar-refractivity contribution in [2.24, 2.45) is 0 Å². The van der Waals surface area contributed by atoms with Crippen molar-refractivity contribution in [2.45, 2.75) is 46.4 Å². The number of pyridine rings is 1. The van der Waals surface area contributed by atoms with Gasteiger partial charge in [0.05, 0.1) is 6.54 Å². The van der Waals surface area contributed by atoms with Crippen molar-refractivity contribution in [1.29, 1.82) is 0 Å². The van der Waals surface area contributed by atoms with Crippen molar-refractivity contribution in [3.63, 3.8) is 0 Å². The predicted molar refractivity (Wildman–Crippen MR) is 77.3 cm³/mol. The zero-order chi connectivity index (χ0) is 16.0. The van der Waals surface area contributed by atoms with Crippen molar-refractivity contribution in [3.05, 3.63) is 29.6 Å². The van der Waals surface area contributed by atoms with Gasteiger partial charge in [-0.3, -0.25) is 19.9 Å². The Morgan fingerprint density at radius 2 is 2.05 bits per heavy atom. The largest absolute Gasteiger partial charge is 0.459 e. The summed E-state index contributed by atoms with van der Waals surface area (Å²) in [6, 6.07) is 3.53. The first-order valence-electron chi connectivity index (χ1n) is 6.73. The summed E-state index contributed by atoms with van der Waals surface area (Å²) in [5.74, 6) is -0.860. The van der Waals surface area contributed by atoms with E-state index in [9.17, 15) is 9.59 Å². The minimum absolute atomic E-state index is 0.0659. The number of carbonyl (C=O) groups is 2. The molecule has 21 heavy (non-hydrogen) atoms. The molecule has 0 radical (unpaired) electrons. The average molecular weight is 294 g/mol. The fourth-order valence-corrected chi connectivity index (χ4v) is 1.71. The van der Waals surface area contributed by atoms with E-state index in [0.717, 1.165) is 5.69 Å². The molecule has 0 amide bonds. The molecule has 1 N–H and O–H groups in total. The van der Waals surface area contributed by atoms with Gasteiger partial charge in [0.2, 0.25) is 0 Å². The number of aryl methyl sites for hydroxylation is 1. The molecule has 1 aromatic heterocycles. The monoisotopic (exact) mass is 294 g/mol. The number of rotatable bonds is 5. The molecule has 116 valence electrons. The molecule has 1 atom stereocenters. The lowest BCUT2D eigenvalue weighted by atomic mass is 10.2. The number of hydrogen-bond acceptors (Lipinski definition) is 6. The Balaban J connectivity index is 2.74. The van der Waals surface area contributed by atoms with Gasteiger partial charge in [-0.05, 0) is 33.8 Å². The molecule has 1 aromatic rings. The maximum atomic E-state index is 11.7. The lowest BCUT2D eigenvalue weighted by molar-refractivity contribution is -0.157. The van der Waals surface area contributed by atoms with Crippen LogP contribution in [0.25, 0.3) is 0 Å². The van der Waals surface area contributed by atoms with Gasteiger partial charge in [0.1, 0.15) is 5.60 Å². The average Bonchev–Trinajstić information content (AvgIpc) is 2.32. The van der Waals surface area contributed by atoms with Crippen LogP contribution in [-0.2, 0) is 19.1 Å². The van der Waals surface area contributed by atoms with E-state index in [1.54, 1.807) is 46.0 Å². The van der Waals surface area contributed by atoms with E-state index in [4.69, 9.17) is 9.47 Å². The maximum absolute atomic E-state index is 11.7. The molecule has 1 heterocycles. The summed E-state index contributed by atoms with van der Waals surface area (Å²) < 4.78 is 10.4. The topological polar surface area (TPSA) is 77.5 Å². The highest BCUT2D eigenvalue weighted by molar-refractivity contribution is 5.72. The lowest BCUT2D eigenvalue weighted by Gasteiger charge is -2.22. The first kappa shape index (κ1) is 17.1. The smallest absolute Gasteiger partial charge is 0.320 e. The zero-order valence-corrected chi connectivity index (χ0v) is 13.1. The second-order valence-electron chi connectivity index (χ2n) is 5.63. The summed E-state index contributed by atoms with van der Waals surface area (Å²) in [5, 5.41) is 2.87. The van der Waals surface area contributed by atoms with Gasteiger partial charge in [0.15, 0.2) is 6.23 Å². The highest BCUT2D eigenvalue weighted by Gasteiger charge is 2.21. The first-order chi connectivity index (χ1) is 9.69. The third-order valence-electron chi connectivity index (χ3n) is 2.47. The van der Waals surface area contributed by atoms with Gasteiger partial charge in [-0.25, -0.2) is 0 Å². The fourth-order valence-electron chi connectivity index (χ4n) is 1.71. The number of hydrogen-bond donors (Lipinski definition) is 1. The fraction of sp³-hybridized carbons (Fsp3) is 0.533. The Labute approximate surface area is 124 Å². The van der Waals surface area contributed by atoms with Gasteiger partial charge in [-0.1, -0.05) is 6.07 Å². The van der Waals surface area contributed by atoms with Gasteiger partial charge in [-0.2, -0.15) is 0 Å². The second-order valence-corrected chi connectivity index (χ2v) is 5.63. The zero-order valence-electron chi connectivity index (χ0n) is 13.1. The Kier molecular flexibility index (Phi) is 5.84. The van der Waals surface area contributed by atoms with E-state index in [-0.39, 0.29) is 6.54 Å². The molecular formula is C15H22N2O4. The lowest BCUT2D eigenvalue weighted by Crippen LogP contribution is -2.35. The number of nitrogens with zero attached hydrogens (tertiary/aromatic N) is 1. The highest BCUT2D eigenvalue weighted by Crippen LogP contribution is 2.17. The maximum Gasteiger partial charge on any atom is 0.320 e. The molecule has 0 aliphatic carbocycles. The first-order valence-corrected chi connectivity index (χ1v) is 6.73. The number of carbonyl (C=O) groups excluding carboxylic acids is 2. The minimum Gasteiger partial charge on any atom is -0.459 e. The van der Waals surface area contributed by atoms with Crippen molar-refractivity contribution in [2.75, 3.05) is 6.54 Å². The molecule has 1 unspecified atom stereocenters. The normalized spacial score (nSPS) is 12.6. The molecule has 6 heteroatoms. The third kappa shape index (κ3) is 6.35. The van der Waals surface area contributed by atoms with Crippen molar-refractivity contribution < 1.29 is 19.1 Å². The molecule has 0 spiro atoms. The van der Waals surface area contributed by atoms with Crippen LogP contribution in [0.2, 0.25) is 0 Å². The molecular weight excluding hydrogens is 272 g/mol. The van der Waals surface area contributed by atoms with Crippen LogP contribution in [0.4, 0.5) is 0 Å². The van der Waals surface area contributed by atoms with Gasteiger partial charge < -0.3 is 9.47 Å². The molecule has 0 aliphatic rings. The van der Waals surface area contributed by atoms with E-state index < -0.39 is 23.8 Å². The van der Waals surface area contributed by atoms with Crippen LogP contribution in [0.1, 0.15) is 45.2 Å². The summed E-state index contributed by atoms with van der Waals surface area (Å²) in [4.78, 5) is 27.1. The Morgan fingerprint density at radius 1 is 1.38 bits per heavy atom. The summed E-state index contributed by atoms with van der Waals surface area (Å²) >= 11 is 0. The van der Waals surface area contributed by atoms with Crippen LogP contribution in [0.5, 0.6) is 0 Å². The van der Waals surface area contributed by atoms with Gasteiger partial charge in [0, 0.05) is 24.4 Å². The molecule has 0 aliphatic heterocycles. The van der Waals surface area contributed by atoms with E-state index in [1.165, 1.54) is 6.92 Å². The highest BCUT2D eigenvalue weighted by atomic mass is 16.6. The molecule has 0 bridgehead atoms. The molecule has 0 saturated carbocycles.